The Balaban J connectivity index is 1.52. The van der Waals surface area contributed by atoms with Gasteiger partial charge in [0.25, 0.3) is 5.56 Å². The van der Waals surface area contributed by atoms with Gasteiger partial charge in [0, 0.05) is 35.9 Å². The molecule has 0 saturated heterocycles. The van der Waals surface area contributed by atoms with Crippen molar-refractivity contribution >= 4 is 43.8 Å². The summed E-state index contributed by atoms with van der Waals surface area (Å²) in [6.45, 7) is 1.49. The Morgan fingerprint density at radius 3 is 2.50 bits per heavy atom. The maximum atomic E-state index is 13.7. The van der Waals surface area contributed by atoms with Crippen LogP contribution in [0.4, 0.5) is 11.4 Å². The molecule has 40 heavy (non-hydrogen) atoms. The second-order valence-electron chi connectivity index (χ2n) is 9.77. The van der Waals surface area contributed by atoms with Crippen molar-refractivity contribution in [3.05, 3.63) is 100.0 Å². The highest BCUT2D eigenvalue weighted by Gasteiger charge is 2.23. The van der Waals surface area contributed by atoms with Gasteiger partial charge in [-0.15, -0.1) is 0 Å². The smallest absolute Gasteiger partial charge is 0.255 e. The van der Waals surface area contributed by atoms with E-state index >= 15 is 0 Å². The van der Waals surface area contributed by atoms with Gasteiger partial charge in [-0.25, -0.2) is 8.42 Å². The van der Waals surface area contributed by atoms with Gasteiger partial charge in [0.2, 0.25) is 11.8 Å². The topological polar surface area (TPSA) is 137 Å². The van der Waals surface area contributed by atoms with Crippen LogP contribution >= 0.6 is 0 Å². The zero-order valence-corrected chi connectivity index (χ0v) is 22.8. The Morgan fingerprint density at radius 2 is 1.73 bits per heavy atom. The minimum Gasteiger partial charge on any atom is -0.370 e. The number of rotatable bonds is 4. The highest BCUT2D eigenvalue weighted by atomic mass is 32.2. The number of amides is 2. The van der Waals surface area contributed by atoms with E-state index in [2.05, 4.69) is 20.9 Å². The molecule has 0 spiro atoms. The molecule has 4 N–H and O–H groups in total. The van der Waals surface area contributed by atoms with E-state index in [1.54, 1.807) is 43.5 Å². The lowest BCUT2D eigenvalue weighted by Gasteiger charge is -2.21. The third-order valence-corrected chi connectivity index (χ3v) is 8.87. The van der Waals surface area contributed by atoms with Gasteiger partial charge in [0.05, 0.1) is 10.6 Å². The Morgan fingerprint density at radius 1 is 0.925 bits per heavy atom. The molecular formula is C30H30N4O5S. The number of pyridine rings is 1. The first-order valence-corrected chi connectivity index (χ1v) is 14.8. The highest BCUT2D eigenvalue weighted by Crippen LogP contribution is 2.26. The molecule has 206 valence electrons. The number of fused-ring (bicyclic) bond motifs is 10. The van der Waals surface area contributed by atoms with Gasteiger partial charge >= 0.3 is 0 Å². The summed E-state index contributed by atoms with van der Waals surface area (Å²) in [5, 5.41) is 10.2. The normalized spacial score (nSPS) is 16.4. The molecule has 1 atom stereocenters. The summed E-state index contributed by atoms with van der Waals surface area (Å²) in [4.78, 5) is 41.3. The zero-order valence-electron chi connectivity index (χ0n) is 22.0. The van der Waals surface area contributed by atoms with Crippen LogP contribution in [0.15, 0.2) is 82.6 Å². The van der Waals surface area contributed by atoms with E-state index < -0.39 is 15.9 Å². The number of aryl methyl sites for hydroxylation is 1. The molecule has 4 aromatic rings. The lowest BCUT2D eigenvalue weighted by atomic mass is 10.0. The number of benzene rings is 3. The van der Waals surface area contributed by atoms with Crippen molar-refractivity contribution in [1.82, 2.24) is 10.3 Å². The number of aromatic nitrogens is 1. The van der Waals surface area contributed by atoms with Crippen molar-refractivity contribution in [2.24, 2.45) is 0 Å². The molecular weight excluding hydrogens is 528 g/mol. The molecule has 9 nitrogen and oxygen atoms in total. The van der Waals surface area contributed by atoms with E-state index in [0.29, 0.717) is 47.2 Å². The SMILES string of the molecule is CCS(=O)(=O)c1ccc2cc1CNC(=O)C(Nc1ccc3cc[nH]c(=O)c3c1)c1ccc(cc1)CCCC(=O)N2. The second kappa shape index (κ2) is 11.4. The number of sulfone groups is 1. The van der Waals surface area contributed by atoms with Crippen molar-refractivity contribution in [3.63, 3.8) is 0 Å². The van der Waals surface area contributed by atoms with E-state index in [-0.39, 0.29) is 34.6 Å². The molecule has 0 fully saturated rings. The molecule has 2 aliphatic heterocycles. The number of aromatic amines is 1. The highest BCUT2D eigenvalue weighted by molar-refractivity contribution is 7.91. The number of anilines is 2. The van der Waals surface area contributed by atoms with E-state index in [1.165, 1.54) is 6.07 Å². The van der Waals surface area contributed by atoms with Gasteiger partial charge in [-0.05, 0) is 71.3 Å². The predicted octanol–water partition coefficient (Wildman–Crippen LogP) is 4.07. The number of nitrogens with one attached hydrogen (secondary N) is 4. The van der Waals surface area contributed by atoms with Gasteiger partial charge in [-0.2, -0.15) is 0 Å². The first-order chi connectivity index (χ1) is 19.2. The largest absolute Gasteiger partial charge is 0.370 e. The fourth-order valence-corrected chi connectivity index (χ4v) is 5.95. The Kier molecular flexibility index (Phi) is 7.70. The lowest BCUT2D eigenvalue weighted by Crippen LogP contribution is -2.33. The third-order valence-electron chi connectivity index (χ3n) is 7.04. The van der Waals surface area contributed by atoms with E-state index in [0.717, 1.165) is 10.9 Å². The first kappa shape index (κ1) is 27.1. The van der Waals surface area contributed by atoms with Crippen LogP contribution in [0, 0.1) is 0 Å². The molecule has 0 radical (unpaired) electrons. The molecule has 3 heterocycles. The lowest BCUT2D eigenvalue weighted by molar-refractivity contribution is -0.122. The number of H-pyrrole nitrogens is 1. The maximum Gasteiger partial charge on any atom is 0.255 e. The average molecular weight is 559 g/mol. The van der Waals surface area contributed by atoms with E-state index in [9.17, 15) is 22.8 Å². The number of carbonyl (C=O) groups is 2. The van der Waals surface area contributed by atoms with Gasteiger partial charge in [0.15, 0.2) is 9.84 Å². The van der Waals surface area contributed by atoms with Crippen molar-refractivity contribution in [2.75, 3.05) is 16.4 Å². The quantitative estimate of drug-likeness (QED) is 0.298. The van der Waals surface area contributed by atoms with Crippen LogP contribution in [0.5, 0.6) is 0 Å². The number of hydrogen-bond acceptors (Lipinski definition) is 6. The van der Waals surface area contributed by atoms with Crippen LogP contribution < -0.4 is 21.5 Å². The standard InChI is InChI=1S/C30H30N4O5S/c1-2-40(38,39)26-13-12-23-16-22(26)18-32-30(37)28(21-8-6-19(7-9-21)4-3-5-27(35)33-23)34-24-11-10-20-14-15-31-29(36)25(20)17-24/h6-17,28,34H,2-5,18H2,1H3,(H,31,36)(H,32,37)(H,33,35). The summed E-state index contributed by atoms with van der Waals surface area (Å²) >= 11 is 0. The molecule has 2 amide bonds. The molecule has 0 aliphatic carbocycles. The van der Waals surface area contributed by atoms with Gasteiger partial charge in [-0.3, -0.25) is 14.4 Å². The predicted molar refractivity (Wildman–Crippen MR) is 155 cm³/mol. The minimum absolute atomic E-state index is 0.0647. The zero-order chi connectivity index (χ0) is 28.3. The van der Waals surface area contributed by atoms with Crippen LogP contribution in [0.25, 0.3) is 10.8 Å². The molecule has 10 heteroatoms. The minimum atomic E-state index is -3.58. The van der Waals surface area contributed by atoms with Crippen molar-refractivity contribution in [1.29, 1.82) is 0 Å². The third kappa shape index (κ3) is 5.91. The van der Waals surface area contributed by atoms with Crippen molar-refractivity contribution in [3.8, 4) is 0 Å². The Hall–Kier alpha value is -4.44. The Labute approximate surface area is 231 Å². The molecule has 2 aliphatic rings. The Bertz CT molecular complexity index is 1750. The summed E-state index contributed by atoms with van der Waals surface area (Å²) in [5.41, 5.74) is 2.94. The molecule has 3 aromatic carbocycles. The fraction of sp³-hybridized carbons (Fsp3) is 0.233. The number of carbonyl (C=O) groups excluding carboxylic acids is 2. The molecule has 0 saturated carbocycles. The van der Waals surface area contributed by atoms with Crippen LogP contribution in [0.1, 0.15) is 42.5 Å². The van der Waals surface area contributed by atoms with Crippen LogP contribution in [0.2, 0.25) is 0 Å². The van der Waals surface area contributed by atoms with E-state index in [1.807, 2.05) is 30.3 Å². The van der Waals surface area contributed by atoms with E-state index in [4.69, 9.17) is 0 Å². The van der Waals surface area contributed by atoms with Gasteiger partial charge in [0.1, 0.15) is 6.04 Å². The number of hydrogen-bond donors (Lipinski definition) is 4. The van der Waals surface area contributed by atoms with Crippen LogP contribution in [-0.4, -0.2) is 31.0 Å². The summed E-state index contributed by atoms with van der Waals surface area (Å²) in [7, 11) is -3.58. The monoisotopic (exact) mass is 558 g/mol. The molecule has 4 bridgehead atoms. The van der Waals surface area contributed by atoms with Crippen molar-refractivity contribution < 1.29 is 18.0 Å². The van der Waals surface area contributed by atoms with Crippen molar-refractivity contribution in [2.45, 2.75) is 43.7 Å². The van der Waals surface area contributed by atoms with Crippen LogP contribution in [-0.2, 0) is 32.4 Å². The summed E-state index contributed by atoms with van der Waals surface area (Å²) in [6.07, 6.45) is 3.22. The average Bonchev–Trinajstić information content (AvgIpc) is 2.95. The second-order valence-corrected chi connectivity index (χ2v) is 12.0. The maximum absolute atomic E-state index is 13.7. The summed E-state index contributed by atoms with van der Waals surface area (Å²) in [6, 6.07) is 18.5. The molecule has 1 unspecified atom stereocenters. The van der Waals surface area contributed by atoms with Gasteiger partial charge < -0.3 is 20.9 Å². The first-order valence-electron chi connectivity index (χ1n) is 13.1. The summed E-state index contributed by atoms with van der Waals surface area (Å²) in [5.74, 6) is -0.642. The fourth-order valence-electron chi connectivity index (χ4n) is 4.83. The molecule has 1 aromatic heterocycles. The van der Waals surface area contributed by atoms with Crippen LogP contribution in [0.3, 0.4) is 0 Å². The van der Waals surface area contributed by atoms with Gasteiger partial charge in [-0.1, -0.05) is 37.3 Å². The molecule has 6 rings (SSSR count). The summed E-state index contributed by atoms with van der Waals surface area (Å²) < 4.78 is 25.6.